The van der Waals surface area contributed by atoms with Crippen LogP contribution in [-0.2, 0) is 4.79 Å². The fraction of sp³-hybridized carbons (Fsp3) is 0.118. The summed E-state index contributed by atoms with van der Waals surface area (Å²) in [5.74, 6) is -2.02. The number of halogens is 1. The number of pyridine rings is 1. The van der Waals surface area contributed by atoms with Gasteiger partial charge in [0.1, 0.15) is 17.5 Å². The van der Waals surface area contributed by atoms with E-state index in [1.807, 2.05) is 12.1 Å². The standard InChI is InChI=1S/C17H12FN3O2/c18-12-6-4-11(5-7-12)14-13(10-19)16(22)20-17(23)15(14)21-8-2-1-3-9-21/h1-9,14-15H,(H-,20,22,23)/p+1/t14-,15-/m0/s1. The van der Waals surface area contributed by atoms with E-state index >= 15 is 0 Å². The molecule has 0 spiro atoms. The molecular weight excluding hydrogens is 297 g/mol. The Balaban J connectivity index is 2.18. The monoisotopic (exact) mass is 310 g/mol. The van der Waals surface area contributed by atoms with Crippen molar-refractivity contribution in [3.63, 3.8) is 0 Å². The van der Waals surface area contributed by atoms with Gasteiger partial charge >= 0.3 is 0 Å². The van der Waals surface area contributed by atoms with Gasteiger partial charge in [0.05, 0.1) is 5.92 Å². The van der Waals surface area contributed by atoms with Gasteiger partial charge in [0.15, 0.2) is 12.4 Å². The summed E-state index contributed by atoms with van der Waals surface area (Å²) in [5, 5.41) is 21.6. The lowest BCUT2D eigenvalue weighted by Gasteiger charge is -2.27. The van der Waals surface area contributed by atoms with E-state index in [4.69, 9.17) is 0 Å². The van der Waals surface area contributed by atoms with Gasteiger partial charge < -0.3 is 5.11 Å². The average molecular weight is 310 g/mol. The molecule has 0 saturated heterocycles. The third kappa shape index (κ3) is 2.64. The summed E-state index contributed by atoms with van der Waals surface area (Å²) >= 11 is 0. The molecule has 1 aliphatic heterocycles. The Morgan fingerprint density at radius 3 is 2.43 bits per heavy atom. The zero-order valence-electron chi connectivity index (χ0n) is 12.0. The molecule has 1 amide bonds. The predicted molar refractivity (Wildman–Crippen MR) is 78.2 cm³/mol. The summed E-state index contributed by atoms with van der Waals surface area (Å²) in [7, 11) is 0. The van der Waals surface area contributed by atoms with Crippen molar-refractivity contribution in [2.75, 3.05) is 0 Å². The number of benzene rings is 1. The van der Waals surface area contributed by atoms with Crippen LogP contribution in [0.1, 0.15) is 17.5 Å². The van der Waals surface area contributed by atoms with Crippen molar-refractivity contribution in [2.24, 2.45) is 0 Å². The zero-order valence-corrected chi connectivity index (χ0v) is 12.0. The van der Waals surface area contributed by atoms with Crippen LogP contribution in [0, 0.1) is 17.1 Å². The van der Waals surface area contributed by atoms with Gasteiger partial charge in [-0.1, -0.05) is 18.2 Å². The first kappa shape index (κ1) is 14.7. The Kier molecular flexibility index (Phi) is 3.77. The average Bonchev–Trinajstić information content (AvgIpc) is 2.56. The lowest BCUT2D eigenvalue weighted by molar-refractivity contribution is -0.711. The molecule has 5 nitrogen and oxygen atoms in total. The molecule has 1 aromatic heterocycles. The molecule has 114 valence electrons. The lowest BCUT2D eigenvalue weighted by Crippen LogP contribution is -2.53. The fourth-order valence-electron chi connectivity index (χ4n) is 2.76. The van der Waals surface area contributed by atoms with Gasteiger partial charge in [-0.3, -0.25) is 10.1 Å². The molecular formula is C17H13FN3O2+. The van der Waals surface area contributed by atoms with Crippen LogP contribution in [0.25, 0.3) is 0 Å². The Hall–Kier alpha value is -3.20. The second kappa shape index (κ2) is 5.89. The SMILES string of the molecule is N#CC1=C(O)NC(=O)[C@@H]([n+]2ccccc2)[C@H]1c1ccc(F)cc1. The van der Waals surface area contributed by atoms with Crippen LogP contribution in [0.5, 0.6) is 0 Å². The highest BCUT2D eigenvalue weighted by molar-refractivity contribution is 5.84. The number of nitriles is 1. The minimum atomic E-state index is -0.757. The molecule has 1 aliphatic rings. The van der Waals surface area contributed by atoms with Crippen molar-refractivity contribution in [1.29, 1.82) is 5.26 Å². The normalized spacial score (nSPS) is 20.8. The molecule has 0 unspecified atom stereocenters. The number of carbonyl (C=O) groups is 1. The van der Waals surface area contributed by atoms with Crippen LogP contribution in [0.4, 0.5) is 4.39 Å². The Morgan fingerprint density at radius 1 is 1.17 bits per heavy atom. The highest BCUT2D eigenvalue weighted by atomic mass is 19.1. The quantitative estimate of drug-likeness (QED) is 0.831. The van der Waals surface area contributed by atoms with Gasteiger partial charge in [-0.25, -0.2) is 4.39 Å². The first-order valence-electron chi connectivity index (χ1n) is 6.97. The van der Waals surface area contributed by atoms with E-state index in [0.717, 1.165) is 0 Å². The van der Waals surface area contributed by atoms with Gasteiger partial charge in [0.25, 0.3) is 5.91 Å². The summed E-state index contributed by atoms with van der Waals surface area (Å²) in [6, 6.07) is 12.1. The second-order valence-electron chi connectivity index (χ2n) is 5.16. The van der Waals surface area contributed by atoms with Crippen LogP contribution in [-0.4, -0.2) is 11.0 Å². The maximum Gasteiger partial charge on any atom is 0.296 e. The Bertz CT molecular complexity index is 810. The molecule has 0 radical (unpaired) electrons. The lowest BCUT2D eigenvalue weighted by atomic mass is 9.82. The number of amides is 1. The molecule has 2 heterocycles. The summed E-state index contributed by atoms with van der Waals surface area (Å²) < 4.78 is 14.9. The number of allylic oxidation sites excluding steroid dienone is 1. The molecule has 2 N–H and O–H groups in total. The predicted octanol–water partition coefficient (Wildman–Crippen LogP) is 1.86. The number of aliphatic hydroxyl groups excluding tert-OH is 1. The topological polar surface area (TPSA) is 77.0 Å². The first-order valence-corrected chi connectivity index (χ1v) is 6.97. The number of nitrogens with zero attached hydrogens (tertiary/aromatic N) is 2. The number of aromatic nitrogens is 1. The Labute approximate surface area is 131 Å². The third-order valence-corrected chi connectivity index (χ3v) is 3.80. The summed E-state index contributed by atoms with van der Waals surface area (Å²) in [5.41, 5.74) is 0.614. The smallest absolute Gasteiger partial charge is 0.296 e. The summed E-state index contributed by atoms with van der Waals surface area (Å²) in [6.45, 7) is 0. The van der Waals surface area contributed by atoms with Gasteiger partial charge in [0.2, 0.25) is 11.9 Å². The number of hydrogen-bond acceptors (Lipinski definition) is 3. The van der Waals surface area contributed by atoms with E-state index in [1.54, 1.807) is 29.1 Å². The van der Waals surface area contributed by atoms with Crippen molar-refractivity contribution in [1.82, 2.24) is 5.32 Å². The van der Waals surface area contributed by atoms with E-state index in [-0.39, 0.29) is 5.57 Å². The maximum atomic E-state index is 13.2. The number of aliphatic hydroxyl groups is 1. The second-order valence-corrected chi connectivity index (χ2v) is 5.16. The van der Waals surface area contributed by atoms with Gasteiger partial charge in [0, 0.05) is 12.1 Å². The van der Waals surface area contributed by atoms with Gasteiger partial charge in [-0.2, -0.15) is 9.83 Å². The molecule has 0 aliphatic carbocycles. The van der Waals surface area contributed by atoms with E-state index in [9.17, 15) is 19.6 Å². The van der Waals surface area contributed by atoms with Crippen LogP contribution < -0.4 is 9.88 Å². The van der Waals surface area contributed by atoms with Crippen LogP contribution in [0.15, 0.2) is 66.3 Å². The van der Waals surface area contributed by atoms with Crippen LogP contribution >= 0.6 is 0 Å². The molecule has 2 aromatic rings. The summed E-state index contributed by atoms with van der Waals surface area (Å²) in [4.78, 5) is 12.4. The first-order chi connectivity index (χ1) is 11.1. The minimum Gasteiger partial charge on any atom is -0.494 e. The Morgan fingerprint density at radius 2 is 1.83 bits per heavy atom. The van der Waals surface area contributed by atoms with Crippen LogP contribution in [0.2, 0.25) is 0 Å². The largest absolute Gasteiger partial charge is 0.494 e. The molecule has 1 aromatic carbocycles. The van der Waals surface area contributed by atoms with E-state index < -0.39 is 29.6 Å². The van der Waals surface area contributed by atoms with Crippen molar-refractivity contribution in [3.8, 4) is 6.07 Å². The van der Waals surface area contributed by atoms with E-state index in [0.29, 0.717) is 5.56 Å². The highest BCUT2D eigenvalue weighted by Crippen LogP contribution is 2.36. The van der Waals surface area contributed by atoms with Crippen molar-refractivity contribution in [3.05, 3.63) is 77.7 Å². The molecule has 0 fully saturated rings. The van der Waals surface area contributed by atoms with E-state index in [1.165, 1.54) is 24.3 Å². The minimum absolute atomic E-state index is 0.0394. The molecule has 0 bridgehead atoms. The zero-order chi connectivity index (χ0) is 16.4. The van der Waals surface area contributed by atoms with Gasteiger partial charge in [-0.05, 0) is 17.7 Å². The van der Waals surface area contributed by atoms with Crippen molar-refractivity contribution >= 4 is 5.91 Å². The van der Waals surface area contributed by atoms with Gasteiger partial charge in [-0.15, -0.1) is 0 Å². The molecule has 6 heteroatoms. The molecule has 2 atom stereocenters. The fourth-order valence-corrected chi connectivity index (χ4v) is 2.76. The number of hydrogen-bond donors (Lipinski definition) is 2. The molecule has 3 rings (SSSR count). The van der Waals surface area contributed by atoms with Crippen LogP contribution in [0.3, 0.4) is 0 Å². The molecule has 0 saturated carbocycles. The number of carbonyl (C=O) groups excluding carboxylic acids is 1. The highest BCUT2D eigenvalue weighted by Gasteiger charge is 2.45. The maximum absolute atomic E-state index is 13.2. The number of rotatable bonds is 2. The molecule has 23 heavy (non-hydrogen) atoms. The van der Waals surface area contributed by atoms with E-state index in [2.05, 4.69) is 5.32 Å². The third-order valence-electron chi connectivity index (χ3n) is 3.80. The van der Waals surface area contributed by atoms with Crippen molar-refractivity contribution in [2.45, 2.75) is 12.0 Å². The van der Waals surface area contributed by atoms with Crippen molar-refractivity contribution < 1.29 is 18.9 Å². The number of nitrogens with one attached hydrogen (secondary N) is 1. The summed E-state index contributed by atoms with van der Waals surface area (Å²) in [6.07, 6.45) is 3.41.